The quantitative estimate of drug-likeness (QED) is 0.618. The summed E-state index contributed by atoms with van der Waals surface area (Å²) in [6.07, 6.45) is 2.20. The van der Waals surface area contributed by atoms with Gasteiger partial charge in [-0.1, -0.05) is 13.8 Å². The van der Waals surface area contributed by atoms with E-state index in [1.54, 1.807) is 7.11 Å². The minimum absolute atomic E-state index is 0.0891. The van der Waals surface area contributed by atoms with E-state index in [0.717, 1.165) is 12.1 Å². The van der Waals surface area contributed by atoms with Crippen LogP contribution in [0.2, 0.25) is 0 Å². The standard InChI is InChI=1S/C9H17NO/c1-6-4-7(2)9(11-3)8(10)5-6/h6-7,9-10H,4-5H2,1-3H3. The predicted molar refractivity (Wildman–Crippen MR) is 46.1 cm³/mol. The van der Waals surface area contributed by atoms with Crippen molar-refractivity contribution in [3.05, 3.63) is 0 Å². The molecule has 1 aliphatic carbocycles. The van der Waals surface area contributed by atoms with Gasteiger partial charge in [0.15, 0.2) is 0 Å². The maximum absolute atomic E-state index is 7.68. The van der Waals surface area contributed by atoms with E-state index >= 15 is 0 Å². The van der Waals surface area contributed by atoms with Crippen LogP contribution in [-0.4, -0.2) is 18.9 Å². The third-order valence-corrected chi connectivity index (χ3v) is 2.46. The summed E-state index contributed by atoms with van der Waals surface area (Å²) in [5.41, 5.74) is 0.777. The minimum atomic E-state index is 0.0891. The lowest BCUT2D eigenvalue weighted by Gasteiger charge is -2.32. The van der Waals surface area contributed by atoms with Gasteiger partial charge in [-0.3, -0.25) is 0 Å². The fourth-order valence-electron chi connectivity index (χ4n) is 2.05. The Kier molecular flexibility index (Phi) is 2.66. The van der Waals surface area contributed by atoms with Gasteiger partial charge in [0.05, 0.1) is 6.10 Å². The molecule has 0 aromatic carbocycles. The normalized spacial score (nSPS) is 39.2. The summed E-state index contributed by atoms with van der Waals surface area (Å²) in [5, 5.41) is 7.68. The lowest BCUT2D eigenvalue weighted by atomic mass is 9.80. The third kappa shape index (κ3) is 1.80. The number of ether oxygens (including phenoxy) is 1. The topological polar surface area (TPSA) is 33.1 Å². The molecule has 0 bridgehead atoms. The Labute approximate surface area is 68.5 Å². The Balaban J connectivity index is 2.59. The van der Waals surface area contributed by atoms with E-state index in [2.05, 4.69) is 13.8 Å². The summed E-state index contributed by atoms with van der Waals surface area (Å²) in [6, 6.07) is 0. The number of rotatable bonds is 1. The van der Waals surface area contributed by atoms with Gasteiger partial charge in [-0.05, 0) is 24.7 Å². The Morgan fingerprint density at radius 1 is 1.45 bits per heavy atom. The van der Waals surface area contributed by atoms with Crippen molar-refractivity contribution in [3.63, 3.8) is 0 Å². The Bertz CT molecular complexity index is 156. The highest BCUT2D eigenvalue weighted by molar-refractivity contribution is 5.87. The molecule has 0 saturated heterocycles. The smallest absolute Gasteiger partial charge is 0.0970 e. The summed E-state index contributed by atoms with van der Waals surface area (Å²) < 4.78 is 5.24. The highest BCUT2D eigenvalue weighted by Gasteiger charge is 2.29. The van der Waals surface area contributed by atoms with Crippen LogP contribution in [-0.2, 0) is 4.74 Å². The third-order valence-electron chi connectivity index (χ3n) is 2.46. The molecule has 0 aliphatic heterocycles. The lowest BCUT2D eigenvalue weighted by molar-refractivity contribution is 0.0873. The van der Waals surface area contributed by atoms with Crippen molar-refractivity contribution in [1.29, 1.82) is 5.41 Å². The average Bonchev–Trinajstić information content (AvgIpc) is 1.85. The fraction of sp³-hybridized carbons (Fsp3) is 0.889. The van der Waals surface area contributed by atoms with Crippen molar-refractivity contribution < 1.29 is 4.74 Å². The van der Waals surface area contributed by atoms with Crippen molar-refractivity contribution in [2.75, 3.05) is 7.11 Å². The molecule has 11 heavy (non-hydrogen) atoms. The van der Waals surface area contributed by atoms with Gasteiger partial charge in [-0.15, -0.1) is 0 Å². The van der Waals surface area contributed by atoms with Crippen LogP contribution in [0, 0.1) is 17.2 Å². The van der Waals surface area contributed by atoms with E-state index < -0.39 is 0 Å². The summed E-state index contributed by atoms with van der Waals surface area (Å²) in [5.74, 6) is 1.19. The van der Waals surface area contributed by atoms with Crippen LogP contribution in [0.1, 0.15) is 26.7 Å². The summed E-state index contributed by atoms with van der Waals surface area (Å²) >= 11 is 0. The first kappa shape index (κ1) is 8.72. The van der Waals surface area contributed by atoms with Gasteiger partial charge < -0.3 is 10.1 Å². The molecule has 0 aromatic heterocycles. The Hall–Kier alpha value is -0.370. The van der Waals surface area contributed by atoms with Crippen molar-refractivity contribution in [1.82, 2.24) is 0 Å². The van der Waals surface area contributed by atoms with E-state index in [9.17, 15) is 0 Å². The Morgan fingerprint density at radius 2 is 2.09 bits per heavy atom. The maximum atomic E-state index is 7.68. The highest BCUT2D eigenvalue weighted by Crippen LogP contribution is 2.27. The Morgan fingerprint density at radius 3 is 2.55 bits per heavy atom. The lowest BCUT2D eigenvalue weighted by Crippen LogP contribution is -2.36. The van der Waals surface area contributed by atoms with E-state index in [1.165, 1.54) is 6.42 Å². The van der Waals surface area contributed by atoms with E-state index in [4.69, 9.17) is 10.1 Å². The zero-order valence-corrected chi connectivity index (χ0v) is 7.55. The number of hydrogen-bond acceptors (Lipinski definition) is 2. The van der Waals surface area contributed by atoms with Gasteiger partial charge in [0.2, 0.25) is 0 Å². The molecule has 64 valence electrons. The van der Waals surface area contributed by atoms with Gasteiger partial charge >= 0.3 is 0 Å². The molecule has 0 spiro atoms. The molecule has 1 aliphatic rings. The average molecular weight is 155 g/mol. The largest absolute Gasteiger partial charge is 0.375 e. The van der Waals surface area contributed by atoms with E-state index in [0.29, 0.717) is 11.8 Å². The molecular weight excluding hydrogens is 138 g/mol. The SMILES string of the molecule is COC1C(=N)CC(C)CC1C. The molecule has 2 nitrogen and oxygen atoms in total. The van der Waals surface area contributed by atoms with E-state index in [-0.39, 0.29) is 6.10 Å². The molecule has 0 aromatic rings. The summed E-state index contributed by atoms with van der Waals surface area (Å²) in [6.45, 7) is 4.37. The zero-order valence-electron chi connectivity index (χ0n) is 7.55. The number of nitrogens with one attached hydrogen (secondary N) is 1. The van der Waals surface area contributed by atoms with Gasteiger partial charge in [0.25, 0.3) is 0 Å². The first-order valence-corrected chi connectivity index (χ1v) is 4.25. The van der Waals surface area contributed by atoms with Crippen molar-refractivity contribution >= 4 is 5.71 Å². The van der Waals surface area contributed by atoms with Crippen LogP contribution in [0.5, 0.6) is 0 Å². The first-order valence-electron chi connectivity index (χ1n) is 4.25. The second-order valence-electron chi connectivity index (χ2n) is 3.70. The van der Waals surface area contributed by atoms with Crippen LogP contribution in [0.25, 0.3) is 0 Å². The molecule has 0 amide bonds. The van der Waals surface area contributed by atoms with Crippen LogP contribution >= 0.6 is 0 Å². The predicted octanol–water partition coefficient (Wildman–Crippen LogP) is 2.09. The monoisotopic (exact) mass is 155 g/mol. The zero-order chi connectivity index (χ0) is 8.43. The number of methoxy groups -OCH3 is 1. The second kappa shape index (κ2) is 3.35. The van der Waals surface area contributed by atoms with E-state index in [1.807, 2.05) is 0 Å². The van der Waals surface area contributed by atoms with Crippen LogP contribution in [0.3, 0.4) is 0 Å². The van der Waals surface area contributed by atoms with Gasteiger partial charge in [0, 0.05) is 12.8 Å². The maximum Gasteiger partial charge on any atom is 0.0970 e. The molecule has 3 atom stereocenters. The van der Waals surface area contributed by atoms with Crippen molar-refractivity contribution in [2.24, 2.45) is 11.8 Å². The van der Waals surface area contributed by atoms with Crippen LogP contribution in [0.15, 0.2) is 0 Å². The molecule has 2 heteroatoms. The molecule has 1 rings (SSSR count). The highest BCUT2D eigenvalue weighted by atomic mass is 16.5. The summed E-state index contributed by atoms with van der Waals surface area (Å²) in [4.78, 5) is 0. The molecule has 0 radical (unpaired) electrons. The fourth-order valence-corrected chi connectivity index (χ4v) is 2.05. The molecule has 1 saturated carbocycles. The minimum Gasteiger partial charge on any atom is -0.375 e. The molecule has 3 unspecified atom stereocenters. The first-order chi connectivity index (χ1) is 5.15. The molecular formula is C9H17NO. The van der Waals surface area contributed by atoms with Crippen LogP contribution < -0.4 is 0 Å². The molecule has 0 heterocycles. The molecule has 1 fully saturated rings. The van der Waals surface area contributed by atoms with Crippen molar-refractivity contribution in [3.8, 4) is 0 Å². The molecule has 1 N–H and O–H groups in total. The van der Waals surface area contributed by atoms with Gasteiger partial charge in [-0.2, -0.15) is 0 Å². The van der Waals surface area contributed by atoms with Crippen molar-refractivity contribution in [2.45, 2.75) is 32.8 Å². The summed E-state index contributed by atoms with van der Waals surface area (Å²) in [7, 11) is 1.70. The van der Waals surface area contributed by atoms with Crippen LogP contribution in [0.4, 0.5) is 0 Å². The second-order valence-corrected chi connectivity index (χ2v) is 3.70. The number of hydrogen-bond donors (Lipinski definition) is 1. The van der Waals surface area contributed by atoms with Gasteiger partial charge in [0.1, 0.15) is 0 Å². The van der Waals surface area contributed by atoms with Gasteiger partial charge in [-0.25, -0.2) is 0 Å².